The Balaban J connectivity index is 2.17. The molecule has 0 saturated carbocycles. The van der Waals surface area contributed by atoms with Gasteiger partial charge in [0.05, 0.1) is 0 Å². The highest BCUT2D eigenvalue weighted by molar-refractivity contribution is 5.43. The van der Waals surface area contributed by atoms with Crippen LogP contribution in [0.1, 0.15) is 11.1 Å². The standard InChI is InChI=1S/C11H18N4/c1-9-6-11(14-8-10(9)7-12)15-4-2-13-3-5-15/h6,8,13H,2-5,7,12H2,1H3. The van der Waals surface area contributed by atoms with Crippen molar-refractivity contribution in [3.63, 3.8) is 0 Å². The van der Waals surface area contributed by atoms with Gasteiger partial charge in [-0.15, -0.1) is 0 Å². The lowest BCUT2D eigenvalue weighted by atomic mass is 10.1. The van der Waals surface area contributed by atoms with Crippen LogP contribution >= 0.6 is 0 Å². The molecule has 15 heavy (non-hydrogen) atoms. The molecule has 0 aromatic carbocycles. The van der Waals surface area contributed by atoms with Crippen molar-refractivity contribution in [3.05, 3.63) is 23.4 Å². The number of aromatic nitrogens is 1. The topological polar surface area (TPSA) is 54.2 Å². The van der Waals surface area contributed by atoms with Gasteiger partial charge in [-0.2, -0.15) is 0 Å². The number of hydrogen-bond donors (Lipinski definition) is 2. The highest BCUT2D eigenvalue weighted by Gasteiger charge is 2.11. The van der Waals surface area contributed by atoms with Crippen molar-refractivity contribution in [1.29, 1.82) is 0 Å². The van der Waals surface area contributed by atoms with Gasteiger partial charge in [-0.3, -0.25) is 0 Å². The number of nitrogens with two attached hydrogens (primary N) is 1. The van der Waals surface area contributed by atoms with Crippen LogP contribution in [-0.4, -0.2) is 31.2 Å². The maximum absolute atomic E-state index is 5.62. The Morgan fingerprint density at radius 2 is 2.20 bits per heavy atom. The first kappa shape index (κ1) is 10.4. The molecule has 82 valence electrons. The molecular formula is C11H18N4. The molecule has 0 amide bonds. The number of aryl methyl sites for hydroxylation is 1. The van der Waals surface area contributed by atoms with E-state index in [0.29, 0.717) is 6.54 Å². The molecule has 0 spiro atoms. The van der Waals surface area contributed by atoms with E-state index in [1.807, 2.05) is 6.20 Å². The van der Waals surface area contributed by atoms with Gasteiger partial charge in [0.1, 0.15) is 5.82 Å². The Kier molecular flexibility index (Phi) is 3.18. The normalized spacial score (nSPS) is 16.8. The number of anilines is 1. The first-order valence-electron chi connectivity index (χ1n) is 5.42. The molecule has 1 aliphatic rings. The van der Waals surface area contributed by atoms with Gasteiger partial charge in [-0.25, -0.2) is 4.98 Å². The van der Waals surface area contributed by atoms with Gasteiger partial charge in [0.2, 0.25) is 0 Å². The van der Waals surface area contributed by atoms with E-state index in [1.54, 1.807) is 0 Å². The number of piperazine rings is 1. The van der Waals surface area contributed by atoms with Crippen LogP contribution in [0, 0.1) is 6.92 Å². The van der Waals surface area contributed by atoms with Crippen molar-refractivity contribution in [2.75, 3.05) is 31.1 Å². The van der Waals surface area contributed by atoms with Gasteiger partial charge in [-0.1, -0.05) is 0 Å². The largest absolute Gasteiger partial charge is 0.354 e. The molecule has 0 atom stereocenters. The van der Waals surface area contributed by atoms with E-state index < -0.39 is 0 Å². The molecule has 2 rings (SSSR count). The zero-order valence-electron chi connectivity index (χ0n) is 9.16. The van der Waals surface area contributed by atoms with E-state index in [-0.39, 0.29) is 0 Å². The Labute approximate surface area is 90.5 Å². The van der Waals surface area contributed by atoms with Crippen LogP contribution in [0.3, 0.4) is 0 Å². The van der Waals surface area contributed by atoms with Crippen molar-refractivity contribution in [1.82, 2.24) is 10.3 Å². The van der Waals surface area contributed by atoms with Crippen LogP contribution in [0.25, 0.3) is 0 Å². The summed E-state index contributed by atoms with van der Waals surface area (Å²) in [5.41, 5.74) is 7.99. The van der Waals surface area contributed by atoms with Gasteiger partial charge in [-0.05, 0) is 24.1 Å². The van der Waals surface area contributed by atoms with Crippen molar-refractivity contribution in [2.24, 2.45) is 5.73 Å². The smallest absolute Gasteiger partial charge is 0.128 e. The molecular weight excluding hydrogens is 188 g/mol. The molecule has 2 heterocycles. The quantitative estimate of drug-likeness (QED) is 0.729. The van der Waals surface area contributed by atoms with Crippen LogP contribution < -0.4 is 16.0 Å². The molecule has 4 nitrogen and oxygen atoms in total. The maximum Gasteiger partial charge on any atom is 0.128 e. The van der Waals surface area contributed by atoms with Crippen LogP contribution in [0.2, 0.25) is 0 Å². The predicted molar refractivity (Wildman–Crippen MR) is 61.9 cm³/mol. The third kappa shape index (κ3) is 2.27. The van der Waals surface area contributed by atoms with E-state index in [0.717, 1.165) is 37.6 Å². The van der Waals surface area contributed by atoms with E-state index in [4.69, 9.17) is 5.73 Å². The van der Waals surface area contributed by atoms with Crippen molar-refractivity contribution in [2.45, 2.75) is 13.5 Å². The first-order valence-corrected chi connectivity index (χ1v) is 5.42. The summed E-state index contributed by atoms with van der Waals surface area (Å²) in [6.07, 6.45) is 1.90. The highest BCUT2D eigenvalue weighted by Crippen LogP contribution is 2.15. The van der Waals surface area contributed by atoms with E-state index in [9.17, 15) is 0 Å². The van der Waals surface area contributed by atoms with E-state index >= 15 is 0 Å². The van der Waals surface area contributed by atoms with E-state index in [1.165, 1.54) is 5.56 Å². The minimum atomic E-state index is 0.570. The molecule has 1 aromatic heterocycles. The maximum atomic E-state index is 5.62. The summed E-state index contributed by atoms with van der Waals surface area (Å²) in [7, 11) is 0. The van der Waals surface area contributed by atoms with Crippen molar-refractivity contribution >= 4 is 5.82 Å². The summed E-state index contributed by atoms with van der Waals surface area (Å²) in [4.78, 5) is 6.76. The molecule has 4 heteroatoms. The van der Waals surface area contributed by atoms with Crippen molar-refractivity contribution in [3.8, 4) is 0 Å². The lowest BCUT2D eigenvalue weighted by Gasteiger charge is -2.28. The Bertz CT molecular complexity index is 331. The highest BCUT2D eigenvalue weighted by atomic mass is 15.2. The van der Waals surface area contributed by atoms with Gasteiger partial charge in [0, 0.05) is 38.9 Å². The fourth-order valence-electron chi connectivity index (χ4n) is 1.85. The third-order valence-electron chi connectivity index (χ3n) is 2.87. The molecule has 0 radical (unpaired) electrons. The molecule has 1 saturated heterocycles. The molecule has 0 unspecified atom stereocenters. The SMILES string of the molecule is Cc1cc(N2CCNCC2)ncc1CN. The number of pyridine rings is 1. The Morgan fingerprint density at radius 1 is 1.47 bits per heavy atom. The summed E-state index contributed by atoms with van der Waals surface area (Å²) >= 11 is 0. The number of rotatable bonds is 2. The Hall–Kier alpha value is -1.13. The van der Waals surface area contributed by atoms with Gasteiger partial charge >= 0.3 is 0 Å². The van der Waals surface area contributed by atoms with Crippen LogP contribution in [0.5, 0.6) is 0 Å². The lowest BCUT2D eigenvalue weighted by molar-refractivity contribution is 0.584. The second-order valence-electron chi connectivity index (χ2n) is 3.91. The summed E-state index contributed by atoms with van der Waals surface area (Å²) in [5, 5.41) is 3.33. The van der Waals surface area contributed by atoms with E-state index in [2.05, 4.69) is 28.2 Å². The van der Waals surface area contributed by atoms with Gasteiger partial charge in [0.15, 0.2) is 0 Å². The zero-order valence-corrected chi connectivity index (χ0v) is 9.16. The van der Waals surface area contributed by atoms with Gasteiger partial charge in [0.25, 0.3) is 0 Å². The zero-order chi connectivity index (χ0) is 10.7. The molecule has 0 aliphatic carbocycles. The third-order valence-corrected chi connectivity index (χ3v) is 2.87. The average Bonchev–Trinajstić information content (AvgIpc) is 2.30. The van der Waals surface area contributed by atoms with Crippen molar-refractivity contribution < 1.29 is 0 Å². The average molecular weight is 206 g/mol. The second kappa shape index (κ2) is 4.59. The number of hydrogen-bond acceptors (Lipinski definition) is 4. The summed E-state index contributed by atoms with van der Waals surface area (Å²) < 4.78 is 0. The molecule has 1 aromatic rings. The summed E-state index contributed by atoms with van der Waals surface area (Å²) in [6.45, 7) is 6.82. The fraction of sp³-hybridized carbons (Fsp3) is 0.545. The molecule has 1 fully saturated rings. The Morgan fingerprint density at radius 3 is 2.80 bits per heavy atom. The number of nitrogens with zero attached hydrogens (tertiary/aromatic N) is 2. The fourth-order valence-corrected chi connectivity index (χ4v) is 1.85. The predicted octanol–water partition coefficient (Wildman–Crippen LogP) is 0.258. The monoisotopic (exact) mass is 206 g/mol. The second-order valence-corrected chi connectivity index (χ2v) is 3.91. The molecule has 3 N–H and O–H groups in total. The van der Waals surface area contributed by atoms with Crippen LogP contribution in [0.15, 0.2) is 12.3 Å². The lowest BCUT2D eigenvalue weighted by Crippen LogP contribution is -2.43. The van der Waals surface area contributed by atoms with Crippen LogP contribution in [-0.2, 0) is 6.54 Å². The minimum absolute atomic E-state index is 0.570. The number of nitrogens with one attached hydrogen (secondary N) is 1. The first-order chi connectivity index (χ1) is 7.31. The summed E-state index contributed by atoms with van der Waals surface area (Å²) in [5.74, 6) is 1.08. The summed E-state index contributed by atoms with van der Waals surface area (Å²) in [6, 6.07) is 2.13. The minimum Gasteiger partial charge on any atom is -0.354 e. The molecule has 1 aliphatic heterocycles. The van der Waals surface area contributed by atoms with Gasteiger partial charge < -0.3 is 16.0 Å². The van der Waals surface area contributed by atoms with Crippen LogP contribution in [0.4, 0.5) is 5.82 Å². The molecule has 0 bridgehead atoms.